The van der Waals surface area contributed by atoms with Gasteiger partial charge >= 0.3 is 0 Å². The molecule has 3 rings (SSSR count). The Hall–Kier alpha value is -3.07. The van der Waals surface area contributed by atoms with Crippen molar-refractivity contribution in [3.8, 4) is 17.2 Å². The maximum atomic E-state index is 13.0. The molecule has 0 bridgehead atoms. The average Bonchev–Trinajstić information content (AvgIpc) is 2.70. The molecule has 0 N–H and O–H groups in total. The molecule has 2 aromatic carbocycles. The summed E-state index contributed by atoms with van der Waals surface area (Å²) in [6.45, 7) is 0.163. The van der Waals surface area contributed by atoms with E-state index in [1.54, 1.807) is 18.2 Å². The molecule has 2 aromatic rings. The monoisotopic (exact) mass is 435 g/mol. The molecule has 7 nitrogen and oxygen atoms in total. The van der Waals surface area contributed by atoms with Gasteiger partial charge in [-0.2, -0.15) is 0 Å². The van der Waals surface area contributed by atoms with Crippen molar-refractivity contribution < 1.29 is 31.8 Å². The van der Waals surface area contributed by atoms with Crippen LogP contribution in [0, 0.1) is 5.82 Å². The number of carbonyl (C=O) groups is 1. The topological polar surface area (TPSA) is 82.1 Å². The second-order valence-electron chi connectivity index (χ2n) is 6.66. The zero-order chi connectivity index (χ0) is 21.9. The van der Waals surface area contributed by atoms with Crippen molar-refractivity contribution in [2.24, 2.45) is 0 Å². The molecule has 1 fully saturated rings. The second kappa shape index (κ2) is 8.74. The standard InChI is InChI=1S/C21H22FNO6S/c1-27-18-10-14(11-19(28-2)21(18)29-3)4-9-20(24)23-12-17(13-23)30(25,26)16-7-5-15(22)6-8-16/h4-11,17H,12-13H2,1-3H3/b9-4+. The third kappa shape index (κ3) is 4.25. The fourth-order valence-electron chi connectivity index (χ4n) is 3.10. The van der Waals surface area contributed by atoms with Crippen LogP contribution in [0.5, 0.6) is 17.2 Å². The highest BCUT2D eigenvalue weighted by Gasteiger charge is 2.39. The highest BCUT2D eigenvalue weighted by molar-refractivity contribution is 7.92. The number of carbonyl (C=O) groups excluding carboxylic acids is 1. The molecule has 1 heterocycles. The van der Waals surface area contributed by atoms with E-state index >= 15 is 0 Å². The SMILES string of the molecule is COc1cc(/C=C/C(=O)N2CC(S(=O)(=O)c3ccc(F)cc3)C2)cc(OC)c1OC. The van der Waals surface area contributed by atoms with Crippen molar-refractivity contribution in [3.05, 3.63) is 53.9 Å². The summed E-state index contributed by atoms with van der Waals surface area (Å²) in [5, 5.41) is -0.707. The molecule has 1 amide bonds. The van der Waals surface area contributed by atoms with Crippen LogP contribution in [0.15, 0.2) is 47.4 Å². The lowest BCUT2D eigenvalue weighted by molar-refractivity contribution is -0.128. The molecule has 30 heavy (non-hydrogen) atoms. The molecular weight excluding hydrogens is 413 g/mol. The lowest BCUT2D eigenvalue weighted by atomic mass is 10.1. The summed E-state index contributed by atoms with van der Waals surface area (Å²) in [6, 6.07) is 8.08. The summed E-state index contributed by atoms with van der Waals surface area (Å²) in [6.07, 6.45) is 2.95. The van der Waals surface area contributed by atoms with Gasteiger partial charge in [0.05, 0.1) is 26.2 Å². The van der Waals surface area contributed by atoms with E-state index in [0.29, 0.717) is 22.8 Å². The number of hydrogen-bond acceptors (Lipinski definition) is 6. The van der Waals surface area contributed by atoms with Gasteiger partial charge in [-0.3, -0.25) is 4.79 Å². The van der Waals surface area contributed by atoms with E-state index in [-0.39, 0.29) is 23.9 Å². The summed E-state index contributed by atoms with van der Waals surface area (Å²) in [4.78, 5) is 13.9. The Morgan fingerprint density at radius 2 is 1.60 bits per heavy atom. The molecule has 0 unspecified atom stereocenters. The Kier molecular flexibility index (Phi) is 6.31. The molecule has 1 saturated heterocycles. The van der Waals surface area contributed by atoms with Gasteiger partial charge in [-0.25, -0.2) is 12.8 Å². The Labute approximate surface area is 174 Å². The summed E-state index contributed by atoms with van der Waals surface area (Å²) in [7, 11) is 0.885. The van der Waals surface area contributed by atoms with Crippen molar-refractivity contribution in [1.29, 1.82) is 0 Å². The number of benzene rings is 2. The fourth-order valence-corrected chi connectivity index (χ4v) is 4.75. The van der Waals surface area contributed by atoms with E-state index in [1.807, 2.05) is 0 Å². The lowest BCUT2D eigenvalue weighted by Gasteiger charge is -2.38. The Morgan fingerprint density at radius 3 is 2.10 bits per heavy atom. The largest absolute Gasteiger partial charge is 0.493 e. The second-order valence-corrected chi connectivity index (χ2v) is 8.88. The van der Waals surface area contributed by atoms with Crippen LogP contribution < -0.4 is 14.2 Å². The Balaban J connectivity index is 1.67. The van der Waals surface area contributed by atoms with Crippen LogP contribution in [0.1, 0.15) is 5.56 Å². The summed E-state index contributed by atoms with van der Waals surface area (Å²) in [5.74, 6) is 0.544. The smallest absolute Gasteiger partial charge is 0.246 e. The number of methoxy groups -OCH3 is 3. The molecule has 1 aliphatic heterocycles. The summed E-state index contributed by atoms with van der Waals surface area (Å²) < 4.78 is 54.0. The minimum Gasteiger partial charge on any atom is -0.493 e. The van der Waals surface area contributed by atoms with E-state index in [1.165, 1.54) is 44.4 Å². The summed E-state index contributed by atoms with van der Waals surface area (Å²) >= 11 is 0. The van der Waals surface area contributed by atoms with Gasteiger partial charge in [-0.1, -0.05) is 0 Å². The van der Waals surface area contributed by atoms with Gasteiger partial charge in [-0.15, -0.1) is 0 Å². The molecule has 0 saturated carbocycles. The van der Waals surface area contributed by atoms with Crippen LogP contribution in [0.3, 0.4) is 0 Å². The van der Waals surface area contributed by atoms with Crippen molar-refractivity contribution in [1.82, 2.24) is 4.90 Å². The minimum absolute atomic E-state index is 0.0500. The Morgan fingerprint density at radius 1 is 1.03 bits per heavy atom. The van der Waals surface area contributed by atoms with Crippen LogP contribution in [-0.4, -0.2) is 58.9 Å². The number of sulfone groups is 1. The molecular formula is C21H22FNO6S. The first-order valence-corrected chi connectivity index (χ1v) is 10.6. The molecule has 160 valence electrons. The number of nitrogens with zero attached hydrogens (tertiary/aromatic N) is 1. The maximum absolute atomic E-state index is 13.0. The number of likely N-dealkylation sites (tertiary alicyclic amines) is 1. The number of halogens is 1. The zero-order valence-corrected chi connectivity index (χ0v) is 17.6. The van der Waals surface area contributed by atoms with Gasteiger partial charge in [0.1, 0.15) is 11.1 Å². The van der Waals surface area contributed by atoms with E-state index < -0.39 is 20.9 Å². The van der Waals surface area contributed by atoms with Gasteiger partial charge in [0.2, 0.25) is 11.7 Å². The van der Waals surface area contributed by atoms with E-state index in [2.05, 4.69) is 0 Å². The van der Waals surface area contributed by atoms with Gasteiger partial charge in [0.25, 0.3) is 0 Å². The molecule has 0 aliphatic carbocycles. The third-order valence-corrected chi connectivity index (χ3v) is 6.95. The van der Waals surface area contributed by atoms with Crippen molar-refractivity contribution in [3.63, 3.8) is 0 Å². The first-order valence-electron chi connectivity index (χ1n) is 9.06. The highest BCUT2D eigenvalue weighted by atomic mass is 32.2. The van der Waals surface area contributed by atoms with Gasteiger partial charge < -0.3 is 19.1 Å². The highest BCUT2D eigenvalue weighted by Crippen LogP contribution is 2.38. The molecule has 0 atom stereocenters. The van der Waals surface area contributed by atoms with Crippen molar-refractivity contribution in [2.45, 2.75) is 10.1 Å². The average molecular weight is 435 g/mol. The van der Waals surface area contributed by atoms with Crippen molar-refractivity contribution in [2.75, 3.05) is 34.4 Å². The number of amides is 1. The van der Waals surface area contributed by atoms with Crippen LogP contribution in [0.4, 0.5) is 4.39 Å². The molecule has 0 spiro atoms. The Bertz CT molecular complexity index is 1030. The number of rotatable bonds is 7. The van der Waals surface area contributed by atoms with Gasteiger partial charge in [0, 0.05) is 19.2 Å². The summed E-state index contributed by atoms with van der Waals surface area (Å²) in [5.41, 5.74) is 0.661. The molecule has 0 radical (unpaired) electrons. The molecule has 0 aromatic heterocycles. The fraction of sp³-hybridized carbons (Fsp3) is 0.286. The van der Waals surface area contributed by atoms with Gasteiger partial charge in [0.15, 0.2) is 21.3 Å². The lowest BCUT2D eigenvalue weighted by Crippen LogP contribution is -2.56. The van der Waals surface area contributed by atoms with E-state index in [9.17, 15) is 17.6 Å². The first-order chi connectivity index (χ1) is 14.3. The minimum atomic E-state index is -3.61. The zero-order valence-electron chi connectivity index (χ0n) is 16.8. The molecule has 1 aliphatic rings. The number of hydrogen-bond donors (Lipinski definition) is 0. The van der Waals surface area contributed by atoms with Crippen LogP contribution in [0.2, 0.25) is 0 Å². The maximum Gasteiger partial charge on any atom is 0.246 e. The quantitative estimate of drug-likeness (QED) is 0.491. The third-order valence-electron chi connectivity index (χ3n) is 4.85. The van der Waals surface area contributed by atoms with E-state index in [0.717, 1.165) is 12.1 Å². The van der Waals surface area contributed by atoms with E-state index in [4.69, 9.17) is 14.2 Å². The van der Waals surface area contributed by atoms with Gasteiger partial charge in [-0.05, 0) is 48.0 Å². The predicted octanol–water partition coefficient (Wildman–Crippen LogP) is 2.55. The predicted molar refractivity (Wildman–Crippen MR) is 109 cm³/mol. The normalized spacial score (nSPS) is 14.5. The number of ether oxygens (including phenoxy) is 3. The van der Waals surface area contributed by atoms with Crippen LogP contribution in [0.25, 0.3) is 6.08 Å². The first kappa shape index (κ1) is 21.6. The van der Waals surface area contributed by atoms with Crippen LogP contribution >= 0.6 is 0 Å². The molecule has 9 heteroatoms. The van der Waals surface area contributed by atoms with Crippen LogP contribution in [-0.2, 0) is 14.6 Å². The van der Waals surface area contributed by atoms with Crippen molar-refractivity contribution >= 4 is 21.8 Å².